The number of carbonyl (C=O) groups excluding carboxylic acids is 1. The maximum Gasteiger partial charge on any atom is 0.273 e. The molecule has 0 fully saturated rings. The fourth-order valence-electron chi connectivity index (χ4n) is 2.58. The molecule has 1 N–H and O–H groups in total. The van der Waals surface area contributed by atoms with Gasteiger partial charge in [-0.15, -0.1) is 0 Å². The van der Waals surface area contributed by atoms with Crippen LogP contribution in [0.4, 0.5) is 0 Å². The number of aromatic nitrogens is 1. The van der Waals surface area contributed by atoms with E-state index in [2.05, 4.69) is 26.8 Å². The Hall–Kier alpha value is -2.44. The molecule has 3 rings (SSSR count). The molecule has 0 radical (unpaired) electrons. The van der Waals surface area contributed by atoms with Crippen molar-refractivity contribution >= 4 is 17.2 Å². The summed E-state index contributed by atoms with van der Waals surface area (Å²) < 4.78 is 5.32. The number of nitrogens with one attached hydrogen (secondary N) is 1. The Balaban J connectivity index is 1.66. The Morgan fingerprint density at radius 1 is 1.28 bits per heavy atom. The van der Waals surface area contributed by atoms with Gasteiger partial charge in [-0.25, -0.2) is 0 Å². The van der Waals surface area contributed by atoms with Crippen LogP contribution in [0.5, 0.6) is 0 Å². The molecule has 130 valence electrons. The van der Waals surface area contributed by atoms with Gasteiger partial charge in [0.1, 0.15) is 0 Å². The molecule has 5 nitrogen and oxygen atoms in total. The van der Waals surface area contributed by atoms with E-state index in [1.807, 2.05) is 50.7 Å². The number of rotatable bonds is 6. The fourth-order valence-corrected chi connectivity index (χ4v) is 3.29. The summed E-state index contributed by atoms with van der Waals surface area (Å²) in [4.78, 5) is 14.5. The molecule has 0 spiro atoms. The lowest BCUT2D eigenvalue weighted by atomic mass is 10.1. The highest BCUT2D eigenvalue weighted by atomic mass is 32.1. The number of benzene rings is 1. The minimum atomic E-state index is -0.232. The zero-order valence-corrected chi connectivity index (χ0v) is 15.3. The van der Waals surface area contributed by atoms with Gasteiger partial charge in [0.05, 0.1) is 6.04 Å². The number of carbonyl (C=O) groups is 1. The summed E-state index contributed by atoms with van der Waals surface area (Å²) in [6.45, 7) is 2.53. The van der Waals surface area contributed by atoms with Crippen molar-refractivity contribution in [2.75, 3.05) is 20.6 Å². The summed E-state index contributed by atoms with van der Waals surface area (Å²) in [6, 6.07) is 11.8. The molecule has 0 bridgehead atoms. The van der Waals surface area contributed by atoms with Gasteiger partial charge >= 0.3 is 0 Å². The monoisotopic (exact) mass is 355 g/mol. The summed E-state index contributed by atoms with van der Waals surface area (Å²) in [5.41, 5.74) is 3.56. The average Bonchev–Trinajstić information content (AvgIpc) is 3.27. The van der Waals surface area contributed by atoms with Crippen molar-refractivity contribution in [2.45, 2.75) is 13.0 Å². The van der Waals surface area contributed by atoms with Gasteiger partial charge < -0.3 is 14.7 Å². The Morgan fingerprint density at radius 2 is 2.04 bits per heavy atom. The lowest BCUT2D eigenvalue weighted by Gasteiger charge is -2.23. The number of amides is 1. The van der Waals surface area contributed by atoms with Gasteiger partial charge in [-0.2, -0.15) is 11.3 Å². The highest BCUT2D eigenvalue weighted by molar-refractivity contribution is 7.07. The number of hydrogen-bond acceptors (Lipinski definition) is 5. The first-order chi connectivity index (χ1) is 12.0. The standard InChI is InChI=1S/C19H21N3O2S/c1-13-4-6-14(7-5-13)18-10-16(21-24-18)19(23)20-11-17(22(2)3)15-8-9-25-12-15/h4-10,12,17H,11H2,1-3H3,(H,20,23). The SMILES string of the molecule is Cc1ccc(-c2cc(C(=O)NCC(c3ccsc3)N(C)C)no2)cc1. The molecule has 25 heavy (non-hydrogen) atoms. The fraction of sp³-hybridized carbons (Fsp3) is 0.263. The van der Waals surface area contributed by atoms with Gasteiger partial charge in [0.2, 0.25) is 0 Å². The normalized spacial score (nSPS) is 12.3. The number of likely N-dealkylation sites (N-methyl/N-ethyl adjacent to an activating group) is 1. The second-order valence-corrected chi connectivity index (χ2v) is 6.97. The van der Waals surface area contributed by atoms with Crippen molar-refractivity contribution in [3.63, 3.8) is 0 Å². The minimum Gasteiger partial charge on any atom is -0.355 e. The Labute approximate surface area is 151 Å². The van der Waals surface area contributed by atoms with Crippen LogP contribution in [0.15, 0.2) is 51.7 Å². The van der Waals surface area contributed by atoms with Gasteiger partial charge in [-0.05, 0) is 43.4 Å². The van der Waals surface area contributed by atoms with Crippen molar-refractivity contribution in [1.29, 1.82) is 0 Å². The smallest absolute Gasteiger partial charge is 0.273 e. The van der Waals surface area contributed by atoms with Crippen LogP contribution in [0.25, 0.3) is 11.3 Å². The molecule has 0 aliphatic rings. The van der Waals surface area contributed by atoms with Crippen molar-refractivity contribution in [3.05, 3.63) is 64.0 Å². The molecule has 3 aromatic rings. The van der Waals surface area contributed by atoms with E-state index >= 15 is 0 Å². The van der Waals surface area contributed by atoms with Crippen LogP contribution in [0.1, 0.15) is 27.7 Å². The van der Waals surface area contributed by atoms with E-state index in [9.17, 15) is 4.79 Å². The summed E-state index contributed by atoms with van der Waals surface area (Å²) in [7, 11) is 4.00. The maximum atomic E-state index is 12.4. The molecule has 0 aliphatic carbocycles. The number of hydrogen-bond donors (Lipinski definition) is 1. The third kappa shape index (κ3) is 4.15. The number of thiophene rings is 1. The van der Waals surface area contributed by atoms with Gasteiger partial charge in [0.25, 0.3) is 5.91 Å². The van der Waals surface area contributed by atoms with Crippen LogP contribution >= 0.6 is 11.3 Å². The molecule has 0 saturated carbocycles. The molecule has 0 saturated heterocycles. The van der Waals surface area contributed by atoms with E-state index in [1.165, 1.54) is 11.1 Å². The molecule has 1 amide bonds. The van der Waals surface area contributed by atoms with Crippen molar-refractivity contribution in [1.82, 2.24) is 15.4 Å². The third-order valence-electron chi connectivity index (χ3n) is 4.09. The molecule has 2 aromatic heterocycles. The van der Waals surface area contributed by atoms with Crippen LogP contribution in [-0.4, -0.2) is 36.6 Å². The predicted molar refractivity (Wildman–Crippen MR) is 99.8 cm³/mol. The summed E-state index contributed by atoms with van der Waals surface area (Å²) in [5, 5.41) is 11.0. The first kappa shape index (κ1) is 17.4. The molecule has 1 aromatic carbocycles. The van der Waals surface area contributed by atoms with Gasteiger partial charge in [-0.3, -0.25) is 4.79 Å². The number of aryl methyl sites for hydroxylation is 1. The van der Waals surface area contributed by atoms with E-state index < -0.39 is 0 Å². The Bertz CT molecular complexity index is 823. The van der Waals surface area contributed by atoms with E-state index in [1.54, 1.807) is 17.4 Å². The molecule has 1 atom stereocenters. The zero-order valence-electron chi connectivity index (χ0n) is 14.5. The average molecular weight is 355 g/mol. The van der Waals surface area contributed by atoms with Crippen LogP contribution in [0, 0.1) is 6.92 Å². The highest BCUT2D eigenvalue weighted by Crippen LogP contribution is 2.22. The van der Waals surface area contributed by atoms with Gasteiger partial charge in [-0.1, -0.05) is 35.0 Å². The van der Waals surface area contributed by atoms with Crippen LogP contribution in [0.3, 0.4) is 0 Å². The Morgan fingerprint density at radius 3 is 2.68 bits per heavy atom. The summed E-state index contributed by atoms with van der Waals surface area (Å²) in [5.74, 6) is 0.358. The molecule has 1 unspecified atom stereocenters. The lowest BCUT2D eigenvalue weighted by Crippen LogP contribution is -2.34. The molecule has 2 heterocycles. The summed E-state index contributed by atoms with van der Waals surface area (Å²) >= 11 is 1.65. The predicted octanol–water partition coefficient (Wildman–Crippen LogP) is 3.74. The van der Waals surface area contributed by atoms with Crippen molar-refractivity contribution < 1.29 is 9.32 Å². The van der Waals surface area contributed by atoms with Crippen LogP contribution in [-0.2, 0) is 0 Å². The van der Waals surface area contributed by atoms with Crippen molar-refractivity contribution in [3.8, 4) is 11.3 Å². The second-order valence-electron chi connectivity index (χ2n) is 6.19. The lowest BCUT2D eigenvalue weighted by molar-refractivity contribution is 0.0933. The van der Waals surface area contributed by atoms with Gasteiger partial charge in [0, 0.05) is 18.2 Å². The first-order valence-electron chi connectivity index (χ1n) is 8.05. The van der Waals surface area contributed by atoms with Gasteiger partial charge in [0.15, 0.2) is 11.5 Å². The van der Waals surface area contributed by atoms with E-state index in [4.69, 9.17) is 4.52 Å². The van der Waals surface area contributed by atoms with Crippen molar-refractivity contribution in [2.24, 2.45) is 0 Å². The van der Waals surface area contributed by atoms with Crippen LogP contribution < -0.4 is 5.32 Å². The van der Waals surface area contributed by atoms with E-state index in [0.29, 0.717) is 18.0 Å². The Kier molecular flexibility index (Phi) is 5.31. The molecular formula is C19H21N3O2S. The topological polar surface area (TPSA) is 58.4 Å². The highest BCUT2D eigenvalue weighted by Gasteiger charge is 2.18. The maximum absolute atomic E-state index is 12.4. The molecule has 0 aliphatic heterocycles. The quantitative estimate of drug-likeness (QED) is 0.732. The number of nitrogens with zero attached hydrogens (tertiary/aromatic N) is 2. The largest absolute Gasteiger partial charge is 0.355 e. The minimum absolute atomic E-state index is 0.124. The van der Waals surface area contributed by atoms with E-state index in [-0.39, 0.29) is 11.9 Å². The first-order valence-corrected chi connectivity index (χ1v) is 8.99. The van der Waals surface area contributed by atoms with E-state index in [0.717, 1.165) is 5.56 Å². The molecule has 6 heteroatoms. The second kappa shape index (κ2) is 7.63. The van der Waals surface area contributed by atoms with Crippen LogP contribution in [0.2, 0.25) is 0 Å². The molecular weight excluding hydrogens is 334 g/mol. The zero-order chi connectivity index (χ0) is 17.8. The summed E-state index contributed by atoms with van der Waals surface area (Å²) in [6.07, 6.45) is 0. The third-order valence-corrected chi connectivity index (χ3v) is 4.79.